The van der Waals surface area contributed by atoms with Gasteiger partial charge in [-0.1, -0.05) is 17.7 Å². The van der Waals surface area contributed by atoms with Crippen molar-refractivity contribution in [3.8, 4) is 11.5 Å². The molecule has 2 aliphatic heterocycles. The van der Waals surface area contributed by atoms with E-state index < -0.39 is 5.97 Å². The molecule has 9 nitrogen and oxygen atoms in total. The lowest BCUT2D eigenvalue weighted by molar-refractivity contribution is -0.166. The zero-order valence-corrected chi connectivity index (χ0v) is 23.3. The van der Waals surface area contributed by atoms with Gasteiger partial charge in [0.2, 0.25) is 0 Å². The summed E-state index contributed by atoms with van der Waals surface area (Å²) in [5.74, 6) is 0.726. The highest BCUT2D eigenvalue weighted by Crippen LogP contribution is 2.59. The summed E-state index contributed by atoms with van der Waals surface area (Å²) in [5.41, 5.74) is 4.02. The lowest BCUT2D eigenvalue weighted by Crippen LogP contribution is -2.55. The maximum absolute atomic E-state index is 12.9. The first-order valence-corrected chi connectivity index (χ1v) is 13.2. The first-order valence-electron chi connectivity index (χ1n) is 13.2. The number of carbonyl (C=O) groups excluding carboxylic acids is 1. The summed E-state index contributed by atoms with van der Waals surface area (Å²) in [7, 11) is 4.94. The molecule has 2 heterocycles. The van der Waals surface area contributed by atoms with Gasteiger partial charge < -0.3 is 28.4 Å². The maximum Gasteiger partial charge on any atom is 0.331 e. The van der Waals surface area contributed by atoms with Crippen molar-refractivity contribution in [2.75, 3.05) is 41.1 Å². The van der Waals surface area contributed by atoms with Crippen LogP contribution in [0.4, 0.5) is 0 Å². The summed E-state index contributed by atoms with van der Waals surface area (Å²) in [4.78, 5) is 17.9. The van der Waals surface area contributed by atoms with Gasteiger partial charge in [-0.2, -0.15) is 0 Å². The number of carbonyl (C=O) groups is 1. The molecule has 9 heteroatoms. The summed E-state index contributed by atoms with van der Waals surface area (Å²) < 4.78 is 35.3. The van der Waals surface area contributed by atoms with Crippen LogP contribution in [0.15, 0.2) is 35.9 Å². The van der Waals surface area contributed by atoms with Gasteiger partial charge in [-0.3, -0.25) is 4.84 Å². The number of hydrogen-bond acceptors (Lipinski definition) is 9. The van der Waals surface area contributed by atoms with Gasteiger partial charge in [0.1, 0.15) is 36.6 Å². The molecule has 3 aliphatic rings. The average molecular weight is 532 g/mol. The van der Waals surface area contributed by atoms with Crippen LogP contribution >= 0.6 is 0 Å². The van der Waals surface area contributed by atoms with Crippen molar-refractivity contribution in [3.05, 3.63) is 41.5 Å². The minimum Gasteiger partial charge on any atom is -0.493 e. The number of benzene rings is 1. The molecule has 1 aromatic carbocycles. The molecule has 0 amide bonds. The van der Waals surface area contributed by atoms with E-state index in [0.29, 0.717) is 37.7 Å². The van der Waals surface area contributed by atoms with Gasteiger partial charge in [-0.15, -0.1) is 0 Å². The topological polar surface area (TPSA) is 100 Å². The Kier molecular flexibility index (Phi) is 9.15. The fraction of sp³-hybridized carbons (Fsp3) is 0.621. The molecule has 210 valence electrons. The van der Waals surface area contributed by atoms with Gasteiger partial charge in [0.15, 0.2) is 11.5 Å². The molecule has 38 heavy (non-hydrogen) atoms. The fourth-order valence-corrected chi connectivity index (χ4v) is 5.63. The molecular weight excluding hydrogens is 490 g/mol. The fourth-order valence-electron chi connectivity index (χ4n) is 5.63. The molecule has 1 N–H and O–H groups in total. The van der Waals surface area contributed by atoms with Crippen LogP contribution in [0.5, 0.6) is 11.5 Å². The minimum atomic E-state index is -0.421. The highest BCUT2D eigenvalue weighted by molar-refractivity contribution is 5.87. The Hall–Kier alpha value is -2.43. The molecule has 0 aromatic heterocycles. The average Bonchev–Trinajstić information content (AvgIpc) is 3.82. The second-order valence-corrected chi connectivity index (χ2v) is 10.5. The molecule has 2 saturated heterocycles. The van der Waals surface area contributed by atoms with Crippen molar-refractivity contribution >= 4 is 12.0 Å². The summed E-state index contributed by atoms with van der Waals surface area (Å²) in [6.45, 7) is 7.77. The smallest absolute Gasteiger partial charge is 0.331 e. The zero-order valence-electron chi connectivity index (χ0n) is 23.3. The second kappa shape index (κ2) is 12.2. The van der Waals surface area contributed by atoms with Crippen LogP contribution in [0, 0.1) is 5.92 Å². The first-order chi connectivity index (χ1) is 18.3. The van der Waals surface area contributed by atoms with Gasteiger partial charge in [-0.05, 0) is 63.8 Å². The van der Waals surface area contributed by atoms with E-state index in [1.165, 1.54) is 11.6 Å². The Morgan fingerprint density at radius 2 is 2.00 bits per heavy atom. The number of methoxy groups -OCH3 is 2. The number of epoxide rings is 2. The quantitative estimate of drug-likeness (QED) is 0.102. The molecular formula is C29H41NO8. The highest BCUT2D eigenvalue weighted by Gasteiger charge is 2.72. The van der Waals surface area contributed by atoms with Crippen LogP contribution < -0.4 is 15.0 Å². The van der Waals surface area contributed by atoms with Gasteiger partial charge in [-0.25, -0.2) is 10.3 Å². The number of allylic oxidation sites excluding steroid dienone is 1. The van der Waals surface area contributed by atoms with E-state index in [1.807, 2.05) is 6.07 Å². The summed E-state index contributed by atoms with van der Waals surface area (Å²) in [6.07, 6.45) is 7.10. The zero-order chi connectivity index (χ0) is 27.3. The number of hydrogen-bond donors (Lipinski definition) is 1. The van der Waals surface area contributed by atoms with Crippen molar-refractivity contribution in [1.29, 1.82) is 0 Å². The standard InChI is InChI=1S/C29H41NO8/c1-19(2)7-11-24-28(3,38-24)27-26(33-6)22(13-14-29(27)18-35-29)37-25(31)12-9-20-8-10-21(23(17-20)32-5)34-15-16-36-30-4/h7-10,12,17,22,24,26-27,30H,11,13-16,18H2,1-6H3/b12-9+/t22-,24?,26-,27?,28-,29+/m1/s1. The van der Waals surface area contributed by atoms with Gasteiger partial charge in [0.25, 0.3) is 0 Å². The van der Waals surface area contributed by atoms with Gasteiger partial charge >= 0.3 is 5.97 Å². The molecule has 1 spiro atoms. The Labute approximate surface area is 225 Å². The van der Waals surface area contributed by atoms with Crippen LogP contribution in [-0.2, 0) is 28.6 Å². The molecule has 4 rings (SSSR count). The van der Waals surface area contributed by atoms with E-state index in [-0.39, 0.29) is 35.4 Å². The van der Waals surface area contributed by atoms with Gasteiger partial charge in [0, 0.05) is 20.2 Å². The van der Waals surface area contributed by atoms with Crippen LogP contribution in [-0.4, -0.2) is 76.6 Å². The van der Waals surface area contributed by atoms with Crippen LogP contribution in [0.3, 0.4) is 0 Å². The first kappa shape index (κ1) is 28.6. The highest BCUT2D eigenvalue weighted by atomic mass is 16.7. The van der Waals surface area contributed by atoms with E-state index in [4.69, 9.17) is 33.3 Å². The van der Waals surface area contributed by atoms with E-state index in [0.717, 1.165) is 18.4 Å². The largest absolute Gasteiger partial charge is 0.493 e. The summed E-state index contributed by atoms with van der Waals surface area (Å²) in [5, 5.41) is 0. The van der Waals surface area contributed by atoms with E-state index in [1.54, 1.807) is 39.5 Å². The van der Waals surface area contributed by atoms with Crippen molar-refractivity contribution in [2.24, 2.45) is 5.92 Å². The van der Waals surface area contributed by atoms with Crippen LogP contribution in [0.2, 0.25) is 0 Å². The molecule has 3 fully saturated rings. The van der Waals surface area contributed by atoms with Crippen molar-refractivity contribution < 1.29 is 38.1 Å². The SMILES string of the molecule is CNOCCOc1ccc(/C=C/C(=O)O[C@@H]2CC[C@]3(CO3)C([C@]3(C)OC3CC=C(C)C)[C@@H]2OC)cc1OC. The molecule has 0 radical (unpaired) electrons. The third kappa shape index (κ3) is 6.40. The third-order valence-corrected chi connectivity index (χ3v) is 7.69. The number of ether oxygens (including phenoxy) is 6. The maximum atomic E-state index is 12.9. The lowest BCUT2D eigenvalue weighted by Gasteiger charge is -2.42. The second-order valence-electron chi connectivity index (χ2n) is 10.5. The predicted molar refractivity (Wildman–Crippen MR) is 142 cm³/mol. The lowest BCUT2D eigenvalue weighted by atomic mass is 9.68. The van der Waals surface area contributed by atoms with E-state index >= 15 is 0 Å². The van der Waals surface area contributed by atoms with Crippen LogP contribution in [0.1, 0.15) is 45.6 Å². The third-order valence-electron chi connectivity index (χ3n) is 7.69. The van der Waals surface area contributed by atoms with E-state index in [9.17, 15) is 4.79 Å². The monoisotopic (exact) mass is 531 g/mol. The molecule has 0 bridgehead atoms. The molecule has 1 saturated carbocycles. The number of nitrogens with one attached hydrogen (secondary N) is 1. The van der Waals surface area contributed by atoms with Crippen LogP contribution in [0.25, 0.3) is 6.08 Å². The molecule has 1 aromatic rings. The summed E-state index contributed by atoms with van der Waals surface area (Å²) in [6, 6.07) is 5.45. The summed E-state index contributed by atoms with van der Waals surface area (Å²) >= 11 is 0. The Balaban J connectivity index is 1.39. The number of rotatable bonds is 13. The van der Waals surface area contributed by atoms with Crippen molar-refractivity contribution in [3.63, 3.8) is 0 Å². The predicted octanol–water partition coefficient (Wildman–Crippen LogP) is 3.86. The Morgan fingerprint density at radius 3 is 2.66 bits per heavy atom. The number of hydroxylamine groups is 1. The van der Waals surface area contributed by atoms with Gasteiger partial charge in [0.05, 0.1) is 25.7 Å². The molecule has 2 unspecified atom stereocenters. The molecule has 1 aliphatic carbocycles. The normalized spacial score (nSPS) is 31.7. The van der Waals surface area contributed by atoms with Crippen molar-refractivity contribution in [1.82, 2.24) is 5.48 Å². The Morgan fingerprint density at radius 1 is 1.21 bits per heavy atom. The Bertz CT molecular complexity index is 1030. The molecule has 6 atom stereocenters. The van der Waals surface area contributed by atoms with E-state index in [2.05, 4.69) is 32.3 Å². The number of esters is 1. The minimum absolute atomic E-state index is 0.0126. The van der Waals surface area contributed by atoms with Crippen molar-refractivity contribution in [2.45, 2.75) is 69.5 Å².